The van der Waals surface area contributed by atoms with E-state index < -0.39 is 28.4 Å². The molecule has 36 heavy (non-hydrogen) atoms. The van der Waals surface area contributed by atoms with Crippen molar-refractivity contribution in [2.24, 2.45) is 5.10 Å². The minimum absolute atomic E-state index is 0.0430. The van der Waals surface area contributed by atoms with Crippen LogP contribution in [0, 0.1) is 6.92 Å². The summed E-state index contributed by atoms with van der Waals surface area (Å²) in [6.07, 6.45) is 1.38. The SMILES string of the molecule is CCOc1ccccc1N(CC(=O)N/N=C\c1ccc(C(=O)OC)cc1)S(=O)(=O)c1ccc(C)cc1. The van der Waals surface area contributed by atoms with Crippen LogP contribution in [0.25, 0.3) is 0 Å². The number of carbonyl (C=O) groups excluding carboxylic acids is 2. The molecule has 3 rings (SSSR count). The number of benzene rings is 3. The Kier molecular flexibility index (Phi) is 8.80. The Morgan fingerprint density at radius 1 is 1.00 bits per heavy atom. The van der Waals surface area contributed by atoms with Gasteiger partial charge in [-0.25, -0.2) is 18.6 Å². The van der Waals surface area contributed by atoms with Gasteiger partial charge in [0.25, 0.3) is 15.9 Å². The van der Waals surface area contributed by atoms with Crippen molar-refractivity contribution in [1.82, 2.24) is 5.43 Å². The molecule has 0 radical (unpaired) electrons. The van der Waals surface area contributed by atoms with Gasteiger partial charge in [0.2, 0.25) is 0 Å². The Hall–Kier alpha value is -4.18. The van der Waals surface area contributed by atoms with Gasteiger partial charge in [-0.3, -0.25) is 9.10 Å². The van der Waals surface area contributed by atoms with Gasteiger partial charge in [-0.05, 0) is 55.8 Å². The molecule has 3 aromatic carbocycles. The molecule has 0 bridgehead atoms. The highest BCUT2D eigenvalue weighted by Crippen LogP contribution is 2.32. The van der Waals surface area contributed by atoms with Crippen molar-refractivity contribution in [3.63, 3.8) is 0 Å². The van der Waals surface area contributed by atoms with E-state index >= 15 is 0 Å². The summed E-state index contributed by atoms with van der Waals surface area (Å²) in [4.78, 5) is 24.3. The summed E-state index contributed by atoms with van der Waals surface area (Å²) in [5, 5.41) is 3.91. The molecule has 0 saturated carbocycles. The van der Waals surface area contributed by atoms with Crippen LogP contribution in [-0.4, -0.2) is 46.8 Å². The second-order valence-corrected chi connectivity index (χ2v) is 9.49. The lowest BCUT2D eigenvalue weighted by Gasteiger charge is -2.25. The number of methoxy groups -OCH3 is 1. The molecule has 1 N–H and O–H groups in total. The van der Waals surface area contributed by atoms with E-state index in [1.165, 1.54) is 25.5 Å². The molecule has 188 valence electrons. The lowest BCUT2D eigenvalue weighted by molar-refractivity contribution is -0.119. The van der Waals surface area contributed by atoms with Crippen LogP contribution >= 0.6 is 0 Å². The Labute approximate surface area is 210 Å². The number of sulfonamides is 1. The average Bonchev–Trinajstić information content (AvgIpc) is 2.88. The smallest absolute Gasteiger partial charge is 0.337 e. The van der Waals surface area contributed by atoms with Gasteiger partial charge in [0, 0.05) is 0 Å². The highest BCUT2D eigenvalue weighted by Gasteiger charge is 2.29. The topological polar surface area (TPSA) is 114 Å². The molecule has 1 amide bonds. The Morgan fingerprint density at radius 3 is 2.31 bits per heavy atom. The van der Waals surface area contributed by atoms with Crippen molar-refractivity contribution in [2.75, 3.05) is 24.6 Å². The van der Waals surface area contributed by atoms with Gasteiger partial charge in [-0.1, -0.05) is 42.0 Å². The van der Waals surface area contributed by atoms with Gasteiger partial charge in [-0.2, -0.15) is 5.10 Å². The molecule has 0 aromatic heterocycles. The molecule has 0 fully saturated rings. The molecule has 3 aromatic rings. The number of aryl methyl sites for hydroxylation is 1. The Bertz CT molecular complexity index is 1340. The fraction of sp³-hybridized carbons (Fsp3) is 0.192. The largest absolute Gasteiger partial charge is 0.492 e. The molecule has 10 heteroatoms. The third-order valence-corrected chi connectivity index (χ3v) is 6.84. The molecular formula is C26H27N3O6S. The fourth-order valence-electron chi connectivity index (χ4n) is 3.25. The lowest BCUT2D eigenvalue weighted by Crippen LogP contribution is -2.39. The van der Waals surface area contributed by atoms with Crippen molar-refractivity contribution >= 4 is 33.8 Å². The molecule has 0 aliphatic heterocycles. The maximum Gasteiger partial charge on any atom is 0.337 e. The quantitative estimate of drug-likeness (QED) is 0.254. The maximum absolute atomic E-state index is 13.6. The van der Waals surface area contributed by atoms with E-state index in [1.807, 2.05) is 6.92 Å². The average molecular weight is 510 g/mol. The van der Waals surface area contributed by atoms with Crippen LogP contribution < -0.4 is 14.5 Å². The van der Waals surface area contributed by atoms with Crippen molar-refractivity contribution < 1.29 is 27.5 Å². The molecule has 0 heterocycles. The number of esters is 1. The number of nitrogens with one attached hydrogen (secondary N) is 1. The number of nitrogens with zero attached hydrogens (tertiary/aromatic N) is 2. The predicted octanol–water partition coefficient (Wildman–Crippen LogP) is 3.53. The third-order valence-electron chi connectivity index (χ3n) is 5.06. The van der Waals surface area contributed by atoms with Crippen LogP contribution in [0.5, 0.6) is 5.75 Å². The normalized spacial score (nSPS) is 11.2. The summed E-state index contributed by atoms with van der Waals surface area (Å²) in [7, 11) is -2.81. The molecule has 0 aliphatic rings. The molecule has 0 saturated heterocycles. The summed E-state index contributed by atoms with van der Waals surface area (Å²) in [5.74, 6) is -0.786. The second kappa shape index (κ2) is 12.0. The van der Waals surface area contributed by atoms with Crippen LogP contribution in [0.1, 0.15) is 28.4 Å². The van der Waals surface area contributed by atoms with Gasteiger partial charge in [0.05, 0.1) is 36.1 Å². The molecule has 0 unspecified atom stereocenters. The molecule has 9 nitrogen and oxygen atoms in total. The third kappa shape index (κ3) is 6.48. The predicted molar refractivity (Wildman–Crippen MR) is 137 cm³/mol. The molecular weight excluding hydrogens is 482 g/mol. The minimum Gasteiger partial charge on any atom is -0.492 e. The number of amides is 1. The zero-order valence-corrected chi connectivity index (χ0v) is 21.0. The number of para-hydroxylation sites is 2. The monoisotopic (exact) mass is 509 g/mol. The number of carbonyl (C=O) groups is 2. The van der Waals surface area contributed by atoms with E-state index in [4.69, 9.17) is 4.74 Å². The number of anilines is 1. The van der Waals surface area contributed by atoms with E-state index in [1.54, 1.807) is 67.6 Å². The van der Waals surface area contributed by atoms with E-state index in [0.717, 1.165) is 9.87 Å². The van der Waals surface area contributed by atoms with Gasteiger partial charge in [0.1, 0.15) is 12.3 Å². The maximum atomic E-state index is 13.6. The fourth-order valence-corrected chi connectivity index (χ4v) is 4.68. The number of ether oxygens (including phenoxy) is 2. The minimum atomic E-state index is -4.10. The molecule has 0 aliphatic carbocycles. The van der Waals surface area contributed by atoms with Crippen molar-refractivity contribution in [3.05, 3.63) is 89.5 Å². The molecule has 0 atom stereocenters. The van der Waals surface area contributed by atoms with Gasteiger partial charge < -0.3 is 9.47 Å². The zero-order chi connectivity index (χ0) is 26.1. The highest BCUT2D eigenvalue weighted by molar-refractivity contribution is 7.92. The van der Waals surface area contributed by atoms with Gasteiger partial charge in [-0.15, -0.1) is 0 Å². The Morgan fingerprint density at radius 2 is 1.67 bits per heavy atom. The standard InChI is InChI=1S/C26H27N3O6S/c1-4-35-24-8-6-5-7-23(24)29(36(32,33)22-15-9-19(2)10-16-22)18-25(30)28-27-17-20-11-13-21(14-12-20)26(31)34-3/h5-17H,4,18H2,1-3H3,(H,28,30)/b27-17-. The van der Waals surface area contributed by atoms with Crippen molar-refractivity contribution in [3.8, 4) is 5.75 Å². The van der Waals surface area contributed by atoms with E-state index in [0.29, 0.717) is 23.5 Å². The molecule has 0 spiro atoms. The summed E-state index contributed by atoms with van der Waals surface area (Å²) in [6.45, 7) is 3.43. The number of hydrogen-bond donors (Lipinski definition) is 1. The highest BCUT2D eigenvalue weighted by atomic mass is 32.2. The van der Waals surface area contributed by atoms with E-state index in [-0.39, 0.29) is 10.6 Å². The summed E-state index contributed by atoms with van der Waals surface area (Å²) in [5.41, 5.74) is 4.49. The van der Waals surface area contributed by atoms with Crippen molar-refractivity contribution in [1.29, 1.82) is 0 Å². The van der Waals surface area contributed by atoms with Crippen LogP contribution in [0.15, 0.2) is 82.8 Å². The number of hydrogen-bond acceptors (Lipinski definition) is 7. The first-order valence-corrected chi connectivity index (χ1v) is 12.5. The van der Waals surface area contributed by atoms with E-state index in [9.17, 15) is 18.0 Å². The summed E-state index contributed by atoms with van der Waals surface area (Å²) >= 11 is 0. The summed E-state index contributed by atoms with van der Waals surface area (Å²) < 4.78 is 38.4. The second-order valence-electron chi connectivity index (χ2n) is 7.63. The van der Waals surface area contributed by atoms with Crippen molar-refractivity contribution in [2.45, 2.75) is 18.7 Å². The Balaban J connectivity index is 1.84. The van der Waals surface area contributed by atoms with E-state index in [2.05, 4.69) is 15.3 Å². The van der Waals surface area contributed by atoms with Gasteiger partial charge in [0.15, 0.2) is 0 Å². The van der Waals surface area contributed by atoms with Crippen LogP contribution in [-0.2, 0) is 19.6 Å². The first-order valence-electron chi connectivity index (χ1n) is 11.1. The first-order chi connectivity index (χ1) is 17.3. The van der Waals surface area contributed by atoms with Crippen LogP contribution in [0.3, 0.4) is 0 Å². The van der Waals surface area contributed by atoms with Crippen LogP contribution in [0.4, 0.5) is 5.69 Å². The number of rotatable bonds is 10. The van der Waals surface area contributed by atoms with Gasteiger partial charge >= 0.3 is 5.97 Å². The lowest BCUT2D eigenvalue weighted by atomic mass is 10.1. The van der Waals surface area contributed by atoms with Crippen LogP contribution in [0.2, 0.25) is 0 Å². The number of hydrazone groups is 1. The first kappa shape index (κ1) is 26.4. The zero-order valence-electron chi connectivity index (χ0n) is 20.2. The summed E-state index contributed by atoms with van der Waals surface area (Å²) in [6, 6.07) is 19.4.